The number of rotatable bonds is 9. The van der Waals surface area contributed by atoms with Gasteiger partial charge in [-0.25, -0.2) is 0 Å². The normalized spacial score (nSPS) is 16.6. The average Bonchev–Trinajstić information content (AvgIpc) is 2.89. The Morgan fingerprint density at radius 1 is 0.853 bits per heavy atom. The van der Waals surface area contributed by atoms with Crippen LogP contribution in [0.25, 0.3) is 11.1 Å². The van der Waals surface area contributed by atoms with Crippen molar-refractivity contribution in [2.75, 3.05) is 25.1 Å². The van der Waals surface area contributed by atoms with Crippen molar-refractivity contribution in [3.05, 3.63) is 95.6 Å². The van der Waals surface area contributed by atoms with Gasteiger partial charge in [-0.15, -0.1) is 0 Å². The van der Waals surface area contributed by atoms with Crippen LogP contribution < -0.4 is 9.64 Å². The fourth-order valence-electron chi connectivity index (χ4n) is 4.68. The summed E-state index contributed by atoms with van der Waals surface area (Å²) in [5.41, 5.74) is 7.58. The first-order valence-corrected chi connectivity index (χ1v) is 12.7. The molecule has 0 aliphatic carbocycles. The molecule has 3 nitrogen and oxygen atoms in total. The molecule has 1 atom stereocenters. The Balaban J connectivity index is 1.70. The molecule has 0 aromatic heterocycles. The van der Waals surface area contributed by atoms with Crippen LogP contribution in [0.5, 0.6) is 5.75 Å². The second-order valence-corrected chi connectivity index (χ2v) is 8.98. The van der Waals surface area contributed by atoms with Gasteiger partial charge in [0, 0.05) is 25.7 Å². The van der Waals surface area contributed by atoms with Crippen LogP contribution >= 0.6 is 0 Å². The number of anilines is 1. The number of hydrogen-bond acceptors (Lipinski definition) is 3. The van der Waals surface area contributed by atoms with Gasteiger partial charge in [0.15, 0.2) is 6.29 Å². The van der Waals surface area contributed by atoms with Gasteiger partial charge in [0.25, 0.3) is 0 Å². The van der Waals surface area contributed by atoms with Gasteiger partial charge in [-0.2, -0.15) is 0 Å². The number of hydrogen-bond donors (Lipinski definition) is 0. The van der Waals surface area contributed by atoms with E-state index in [0.717, 1.165) is 51.0 Å². The van der Waals surface area contributed by atoms with E-state index in [0.29, 0.717) is 0 Å². The van der Waals surface area contributed by atoms with Crippen LogP contribution in [-0.4, -0.2) is 26.5 Å². The third kappa shape index (κ3) is 5.90. The molecule has 1 fully saturated rings. The van der Waals surface area contributed by atoms with Gasteiger partial charge in [-0.1, -0.05) is 68.4 Å². The van der Waals surface area contributed by atoms with Crippen molar-refractivity contribution in [3.63, 3.8) is 0 Å². The predicted octanol–water partition coefficient (Wildman–Crippen LogP) is 7.81. The molecule has 34 heavy (non-hydrogen) atoms. The molecule has 0 saturated carbocycles. The molecule has 1 saturated heterocycles. The Hall–Kier alpha value is -3.04. The molecule has 3 aromatic carbocycles. The molecule has 178 valence electrons. The van der Waals surface area contributed by atoms with Crippen molar-refractivity contribution in [1.29, 1.82) is 0 Å². The number of nitrogens with zero attached hydrogens (tertiary/aromatic N) is 1. The van der Waals surface area contributed by atoms with Gasteiger partial charge in [0.1, 0.15) is 5.75 Å². The summed E-state index contributed by atoms with van der Waals surface area (Å²) in [5.74, 6) is 0.865. The molecule has 1 aliphatic heterocycles. The molecule has 0 amide bonds. The highest BCUT2D eigenvalue weighted by Gasteiger charge is 2.17. The lowest BCUT2D eigenvalue weighted by Gasteiger charge is -2.24. The van der Waals surface area contributed by atoms with E-state index in [4.69, 9.17) is 9.47 Å². The lowest BCUT2D eigenvalue weighted by molar-refractivity contribution is -0.105. The Morgan fingerprint density at radius 2 is 1.53 bits per heavy atom. The third-order valence-electron chi connectivity index (χ3n) is 6.48. The van der Waals surface area contributed by atoms with Crippen LogP contribution in [0.3, 0.4) is 0 Å². The topological polar surface area (TPSA) is 21.7 Å². The summed E-state index contributed by atoms with van der Waals surface area (Å²) < 4.78 is 11.8. The van der Waals surface area contributed by atoms with Gasteiger partial charge in [-0.05, 0) is 77.8 Å². The summed E-state index contributed by atoms with van der Waals surface area (Å²) in [4.78, 5) is 2.31. The Morgan fingerprint density at radius 3 is 2.12 bits per heavy atom. The monoisotopic (exact) mass is 455 g/mol. The number of benzene rings is 3. The van der Waals surface area contributed by atoms with E-state index in [9.17, 15) is 0 Å². The highest BCUT2D eigenvalue weighted by atomic mass is 16.7. The molecule has 4 rings (SSSR count). The quantitative estimate of drug-likeness (QED) is 0.307. The van der Waals surface area contributed by atoms with E-state index in [2.05, 4.69) is 105 Å². The van der Waals surface area contributed by atoms with E-state index in [1.54, 1.807) is 0 Å². The molecule has 3 aromatic rings. The highest BCUT2D eigenvalue weighted by Crippen LogP contribution is 2.36. The average molecular weight is 456 g/mol. The van der Waals surface area contributed by atoms with E-state index >= 15 is 0 Å². The van der Waals surface area contributed by atoms with E-state index < -0.39 is 0 Å². The Labute approximate surface area is 205 Å². The summed E-state index contributed by atoms with van der Waals surface area (Å²) >= 11 is 0. The van der Waals surface area contributed by atoms with Gasteiger partial charge in [0.2, 0.25) is 0 Å². The minimum absolute atomic E-state index is 0.127. The SMILES string of the molecule is CCCN(C)c1ccc(/C(=C(/CC)c2ccccc2)c2ccc(OC3CCCCO3)cc2)cc1. The fourth-order valence-corrected chi connectivity index (χ4v) is 4.68. The summed E-state index contributed by atoms with van der Waals surface area (Å²) in [6, 6.07) is 28.2. The van der Waals surface area contributed by atoms with Crippen molar-refractivity contribution >= 4 is 16.8 Å². The van der Waals surface area contributed by atoms with Crippen LogP contribution in [0, 0.1) is 0 Å². The van der Waals surface area contributed by atoms with Gasteiger partial charge in [0.05, 0.1) is 6.61 Å². The van der Waals surface area contributed by atoms with Crippen LogP contribution in [0.2, 0.25) is 0 Å². The fraction of sp³-hybridized carbons (Fsp3) is 0.355. The molecule has 3 heteroatoms. The number of allylic oxidation sites excluding steroid dienone is 1. The van der Waals surface area contributed by atoms with Gasteiger partial charge in [-0.3, -0.25) is 0 Å². The first kappa shape index (κ1) is 24.1. The zero-order valence-electron chi connectivity index (χ0n) is 20.8. The minimum Gasteiger partial charge on any atom is -0.465 e. The molecule has 0 spiro atoms. The molecule has 1 unspecified atom stereocenters. The maximum atomic E-state index is 6.09. The third-order valence-corrected chi connectivity index (χ3v) is 6.48. The maximum absolute atomic E-state index is 6.09. The first-order valence-electron chi connectivity index (χ1n) is 12.7. The van der Waals surface area contributed by atoms with Crippen LogP contribution in [-0.2, 0) is 4.74 Å². The summed E-state index contributed by atoms with van der Waals surface area (Å²) in [5, 5.41) is 0. The smallest absolute Gasteiger partial charge is 0.199 e. The second-order valence-electron chi connectivity index (χ2n) is 8.98. The molecule has 0 bridgehead atoms. The predicted molar refractivity (Wildman–Crippen MR) is 143 cm³/mol. The zero-order valence-corrected chi connectivity index (χ0v) is 20.8. The Bertz CT molecular complexity index is 1050. The maximum Gasteiger partial charge on any atom is 0.199 e. The minimum atomic E-state index is -0.127. The highest BCUT2D eigenvalue weighted by molar-refractivity contribution is 5.98. The summed E-state index contributed by atoms with van der Waals surface area (Å²) in [6.45, 7) is 6.30. The molecule has 1 aliphatic rings. The van der Waals surface area contributed by atoms with E-state index in [1.165, 1.54) is 33.5 Å². The van der Waals surface area contributed by atoms with Crippen LogP contribution in [0.15, 0.2) is 78.9 Å². The van der Waals surface area contributed by atoms with Crippen molar-refractivity contribution in [3.8, 4) is 5.75 Å². The molecule has 1 heterocycles. The van der Waals surface area contributed by atoms with E-state index in [-0.39, 0.29) is 6.29 Å². The summed E-state index contributed by atoms with van der Waals surface area (Å²) in [6.07, 6.45) is 5.20. The molecular formula is C31H37NO2. The van der Waals surface area contributed by atoms with E-state index in [1.807, 2.05) is 0 Å². The largest absolute Gasteiger partial charge is 0.465 e. The lowest BCUT2D eigenvalue weighted by Crippen LogP contribution is -2.24. The zero-order chi connectivity index (χ0) is 23.8. The summed E-state index contributed by atoms with van der Waals surface area (Å²) in [7, 11) is 2.16. The van der Waals surface area contributed by atoms with Crippen molar-refractivity contribution in [2.24, 2.45) is 0 Å². The lowest BCUT2D eigenvalue weighted by atomic mass is 9.88. The number of ether oxygens (including phenoxy) is 2. The molecule has 0 N–H and O–H groups in total. The van der Waals surface area contributed by atoms with Crippen molar-refractivity contribution in [1.82, 2.24) is 0 Å². The molecule has 0 radical (unpaired) electrons. The van der Waals surface area contributed by atoms with Crippen molar-refractivity contribution in [2.45, 2.75) is 52.2 Å². The van der Waals surface area contributed by atoms with Gasteiger partial charge < -0.3 is 14.4 Å². The standard InChI is InChI=1S/C31H37NO2/c1-4-22-32(3)27-18-14-25(15-19-27)31(29(5-2)24-11-7-6-8-12-24)26-16-20-28(21-17-26)34-30-13-9-10-23-33-30/h6-8,11-12,14-21,30H,4-5,9-10,13,22-23H2,1-3H3/b31-29+. The first-order chi connectivity index (χ1) is 16.7. The Kier molecular flexibility index (Phi) is 8.43. The van der Waals surface area contributed by atoms with Crippen molar-refractivity contribution < 1.29 is 9.47 Å². The van der Waals surface area contributed by atoms with Crippen LogP contribution in [0.4, 0.5) is 5.69 Å². The molecular weight excluding hydrogens is 418 g/mol. The van der Waals surface area contributed by atoms with Gasteiger partial charge >= 0.3 is 0 Å². The van der Waals surface area contributed by atoms with Crippen LogP contribution in [0.1, 0.15) is 62.6 Å². The second kappa shape index (κ2) is 11.9.